The lowest BCUT2D eigenvalue weighted by molar-refractivity contribution is 0.104. The number of carbonyl (C=O) groups excluding carboxylic acids is 1. The lowest BCUT2D eigenvalue weighted by atomic mass is 10.1. The molecule has 0 atom stereocenters. The number of para-hydroxylation sites is 2. The second-order valence-corrected chi connectivity index (χ2v) is 6.11. The maximum atomic E-state index is 13.7. The van der Waals surface area contributed by atoms with Gasteiger partial charge in [0.25, 0.3) is 6.43 Å². The minimum absolute atomic E-state index is 0.361. The Morgan fingerprint density at radius 3 is 1.89 bits per heavy atom. The lowest BCUT2D eigenvalue weighted by Gasteiger charge is -2.14. The van der Waals surface area contributed by atoms with Crippen molar-refractivity contribution in [2.45, 2.75) is 6.43 Å². The number of benzene rings is 3. The van der Waals surface area contributed by atoms with Gasteiger partial charge in [0.15, 0.2) is 5.78 Å². The third-order valence-electron chi connectivity index (χ3n) is 4.40. The van der Waals surface area contributed by atoms with Crippen LogP contribution in [0.2, 0.25) is 0 Å². The van der Waals surface area contributed by atoms with E-state index in [0.717, 1.165) is 27.9 Å². The molecule has 0 radical (unpaired) electrons. The maximum absolute atomic E-state index is 13.7. The van der Waals surface area contributed by atoms with Crippen LogP contribution in [0, 0.1) is 0 Å². The zero-order valence-corrected chi connectivity index (χ0v) is 14.3. The third kappa shape index (κ3) is 3.19. The number of hydrogen-bond acceptors (Lipinski definition) is 2. The molecule has 0 aliphatic rings. The third-order valence-corrected chi connectivity index (χ3v) is 4.40. The zero-order valence-electron chi connectivity index (χ0n) is 14.3. The number of halogens is 2. The van der Waals surface area contributed by atoms with Gasteiger partial charge in [-0.05, 0) is 12.1 Å². The van der Waals surface area contributed by atoms with Gasteiger partial charge in [0.1, 0.15) is 5.70 Å². The summed E-state index contributed by atoms with van der Waals surface area (Å²) in [5.41, 5.74) is 4.19. The van der Waals surface area contributed by atoms with Crippen LogP contribution in [0.15, 0.2) is 90.6 Å². The summed E-state index contributed by atoms with van der Waals surface area (Å²) in [6.07, 6.45) is -1.86. The molecule has 5 heteroatoms. The second-order valence-electron chi connectivity index (χ2n) is 6.11. The Balaban J connectivity index is 1.80. The van der Waals surface area contributed by atoms with E-state index in [-0.39, 0.29) is 0 Å². The molecule has 3 nitrogen and oxygen atoms in total. The van der Waals surface area contributed by atoms with Gasteiger partial charge in [-0.25, -0.2) is 8.78 Å². The van der Waals surface area contributed by atoms with Crippen molar-refractivity contribution in [2.75, 3.05) is 5.43 Å². The van der Waals surface area contributed by atoms with E-state index in [1.54, 1.807) is 35.0 Å². The maximum Gasteiger partial charge on any atom is 0.279 e. The van der Waals surface area contributed by atoms with Crippen molar-refractivity contribution in [1.82, 2.24) is 4.68 Å². The summed E-state index contributed by atoms with van der Waals surface area (Å²) in [6.45, 7) is 0. The van der Waals surface area contributed by atoms with Crippen LogP contribution in [0.25, 0.3) is 21.8 Å². The molecule has 0 aliphatic carbocycles. The molecule has 1 heterocycles. The average Bonchev–Trinajstić information content (AvgIpc) is 3.02. The summed E-state index contributed by atoms with van der Waals surface area (Å²) in [5.74, 6) is -0.473. The van der Waals surface area contributed by atoms with Gasteiger partial charge in [0.2, 0.25) is 0 Å². The normalized spacial score (nSPS) is 12.0. The summed E-state index contributed by atoms with van der Waals surface area (Å²) in [7, 11) is 0. The average molecular weight is 362 g/mol. The molecular formula is C22H16F2N2O. The van der Waals surface area contributed by atoms with Gasteiger partial charge in [0.05, 0.1) is 11.0 Å². The molecule has 0 saturated carbocycles. The number of nitrogens with zero attached hydrogens (tertiary/aromatic N) is 1. The van der Waals surface area contributed by atoms with Crippen molar-refractivity contribution in [1.29, 1.82) is 0 Å². The van der Waals surface area contributed by atoms with Crippen molar-refractivity contribution < 1.29 is 13.6 Å². The molecule has 27 heavy (non-hydrogen) atoms. The van der Waals surface area contributed by atoms with Crippen molar-refractivity contribution >= 4 is 27.6 Å². The van der Waals surface area contributed by atoms with E-state index in [4.69, 9.17) is 0 Å². The highest BCUT2D eigenvalue weighted by molar-refractivity contribution is 6.08. The first kappa shape index (κ1) is 17.0. The highest BCUT2D eigenvalue weighted by Gasteiger charge is 2.17. The van der Waals surface area contributed by atoms with Gasteiger partial charge >= 0.3 is 0 Å². The monoisotopic (exact) mass is 362 g/mol. The minimum Gasteiger partial charge on any atom is -0.292 e. The van der Waals surface area contributed by atoms with Crippen LogP contribution in [0.1, 0.15) is 10.4 Å². The molecule has 1 aromatic heterocycles. The van der Waals surface area contributed by atoms with Crippen LogP contribution in [-0.4, -0.2) is 16.9 Å². The Bertz CT molecular complexity index is 1090. The number of aromatic nitrogens is 1. The molecule has 0 unspecified atom stereocenters. The van der Waals surface area contributed by atoms with Crippen LogP contribution in [0.3, 0.4) is 0 Å². The quantitative estimate of drug-likeness (QED) is 0.382. The van der Waals surface area contributed by atoms with Crippen molar-refractivity contribution in [3.05, 3.63) is 96.2 Å². The largest absolute Gasteiger partial charge is 0.292 e. The molecule has 134 valence electrons. The van der Waals surface area contributed by atoms with Gasteiger partial charge < -0.3 is 0 Å². The molecule has 4 aromatic rings. The fraction of sp³-hybridized carbons (Fsp3) is 0.0455. The van der Waals surface area contributed by atoms with Crippen LogP contribution in [0.4, 0.5) is 8.78 Å². The fourth-order valence-electron chi connectivity index (χ4n) is 3.14. The molecule has 0 amide bonds. The molecule has 3 aromatic carbocycles. The topological polar surface area (TPSA) is 34.0 Å². The Kier molecular flexibility index (Phi) is 4.42. The number of ketones is 1. The highest BCUT2D eigenvalue weighted by Crippen LogP contribution is 2.28. The summed E-state index contributed by atoms with van der Waals surface area (Å²) in [4.78, 5) is 12.4. The van der Waals surface area contributed by atoms with E-state index in [9.17, 15) is 13.6 Å². The molecule has 0 fully saturated rings. The van der Waals surface area contributed by atoms with Crippen LogP contribution < -0.4 is 5.43 Å². The minimum atomic E-state index is -2.82. The van der Waals surface area contributed by atoms with Crippen molar-refractivity contribution in [2.24, 2.45) is 0 Å². The molecule has 0 aliphatic heterocycles. The van der Waals surface area contributed by atoms with E-state index in [0.29, 0.717) is 5.56 Å². The van der Waals surface area contributed by atoms with Gasteiger partial charge in [-0.1, -0.05) is 66.7 Å². The van der Waals surface area contributed by atoms with Crippen molar-refractivity contribution in [3.8, 4) is 0 Å². The van der Waals surface area contributed by atoms with Gasteiger partial charge in [0, 0.05) is 22.4 Å². The summed E-state index contributed by atoms with van der Waals surface area (Å²) in [5, 5.41) is 1.90. The van der Waals surface area contributed by atoms with Crippen molar-refractivity contribution in [3.63, 3.8) is 0 Å². The number of rotatable bonds is 5. The number of carbonyl (C=O) groups is 1. The summed E-state index contributed by atoms with van der Waals surface area (Å²) >= 11 is 0. The molecule has 0 spiro atoms. The summed E-state index contributed by atoms with van der Waals surface area (Å²) < 4.78 is 28.9. The van der Waals surface area contributed by atoms with Gasteiger partial charge in [-0.2, -0.15) is 0 Å². The fourth-order valence-corrected chi connectivity index (χ4v) is 3.14. The van der Waals surface area contributed by atoms with E-state index in [1.807, 2.05) is 48.5 Å². The van der Waals surface area contributed by atoms with E-state index < -0.39 is 17.9 Å². The Morgan fingerprint density at radius 2 is 1.33 bits per heavy atom. The zero-order chi connectivity index (χ0) is 18.8. The standard InChI is InChI=1S/C22H16F2N2O/c23-22(24)18(14-21(27)15-8-2-1-3-9-15)25-26-19-12-6-4-10-16(19)17-11-5-7-13-20(17)26/h1-14,22,25H. The van der Waals surface area contributed by atoms with Crippen LogP contribution in [0.5, 0.6) is 0 Å². The van der Waals surface area contributed by atoms with Crippen LogP contribution >= 0.6 is 0 Å². The summed E-state index contributed by atoms with van der Waals surface area (Å²) in [6, 6.07) is 23.5. The van der Waals surface area contributed by atoms with Crippen LogP contribution in [-0.2, 0) is 0 Å². The predicted octanol–water partition coefficient (Wildman–Crippen LogP) is 5.37. The van der Waals surface area contributed by atoms with E-state index in [2.05, 4.69) is 5.43 Å². The number of allylic oxidation sites excluding steroid dienone is 2. The van der Waals surface area contributed by atoms with Gasteiger partial charge in [-0.15, -0.1) is 0 Å². The van der Waals surface area contributed by atoms with E-state index >= 15 is 0 Å². The molecule has 1 N–H and O–H groups in total. The van der Waals surface area contributed by atoms with E-state index in [1.165, 1.54) is 0 Å². The van der Waals surface area contributed by atoms with Gasteiger partial charge in [-0.3, -0.25) is 14.9 Å². The molecular weight excluding hydrogens is 346 g/mol. The Morgan fingerprint density at radius 1 is 0.815 bits per heavy atom. The molecule has 0 saturated heterocycles. The first-order valence-electron chi connectivity index (χ1n) is 8.49. The number of fused-ring (bicyclic) bond motifs is 3. The predicted molar refractivity (Wildman–Crippen MR) is 104 cm³/mol. The smallest absolute Gasteiger partial charge is 0.279 e. The first-order chi connectivity index (χ1) is 13.1. The lowest BCUT2D eigenvalue weighted by Crippen LogP contribution is -2.20. The Hall–Kier alpha value is -3.47. The number of alkyl halides is 2. The molecule has 4 rings (SSSR count). The Labute approximate surface area is 154 Å². The number of nitrogens with one attached hydrogen (secondary N) is 1. The molecule has 0 bridgehead atoms. The number of hydrogen-bond donors (Lipinski definition) is 1. The SMILES string of the molecule is O=C(C=C(Nn1c2ccccc2c2ccccc21)C(F)F)c1ccccc1. The highest BCUT2D eigenvalue weighted by atomic mass is 19.3. The second kappa shape index (κ2) is 7.03. The first-order valence-corrected chi connectivity index (χ1v) is 8.49.